The molecule has 0 fully saturated rings. The van der Waals surface area contributed by atoms with Crippen molar-refractivity contribution in [1.29, 1.82) is 0 Å². The highest BCUT2D eigenvalue weighted by Gasteiger charge is 2.04. The molecule has 0 amide bonds. The molecular weight excluding hydrogens is 216 g/mol. The van der Waals surface area contributed by atoms with Crippen LogP contribution in [0.4, 0.5) is 5.69 Å². The SMILES string of the molecule is COc1ccc(Oc2cc(C)ccn2)c(N)c1. The van der Waals surface area contributed by atoms with Gasteiger partial charge >= 0.3 is 0 Å². The van der Waals surface area contributed by atoms with Crippen molar-refractivity contribution in [2.24, 2.45) is 0 Å². The van der Waals surface area contributed by atoms with E-state index < -0.39 is 0 Å². The van der Waals surface area contributed by atoms with Gasteiger partial charge < -0.3 is 15.2 Å². The normalized spacial score (nSPS) is 10.0. The second-order valence-corrected chi connectivity index (χ2v) is 3.68. The standard InChI is InChI=1S/C13H14N2O2/c1-9-5-6-15-13(7-9)17-12-4-3-10(16-2)8-11(12)14/h3-8H,14H2,1-2H3. The molecular formula is C13H14N2O2. The largest absolute Gasteiger partial charge is 0.497 e. The molecule has 1 aromatic heterocycles. The first-order chi connectivity index (χ1) is 8.19. The number of hydrogen-bond acceptors (Lipinski definition) is 4. The molecule has 0 unspecified atom stereocenters. The van der Waals surface area contributed by atoms with Crippen LogP contribution in [0.3, 0.4) is 0 Å². The van der Waals surface area contributed by atoms with Crippen LogP contribution >= 0.6 is 0 Å². The van der Waals surface area contributed by atoms with Crippen molar-refractivity contribution in [1.82, 2.24) is 4.98 Å². The Labute approximate surface area is 100 Å². The summed E-state index contributed by atoms with van der Waals surface area (Å²) in [5.74, 6) is 1.80. The maximum atomic E-state index is 5.85. The minimum atomic E-state index is 0.521. The number of hydrogen-bond donors (Lipinski definition) is 1. The van der Waals surface area contributed by atoms with E-state index in [-0.39, 0.29) is 0 Å². The number of ether oxygens (including phenoxy) is 2. The monoisotopic (exact) mass is 230 g/mol. The van der Waals surface area contributed by atoms with Crippen molar-refractivity contribution < 1.29 is 9.47 Å². The van der Waals surface area contributed by atoms with E-state index in [1.807, 2.05) is 19.1 Å². The van der Waals surface area contributed by atoms with E-state index in [9.17, 15) is 0 Å². The molecule has 1 aromatic carbocycles. The van der Waals surface area contributed by atoms with Gasteiger partial charge in [0.1, 0.15) is 5.75 Å². The summed E-state index contributed by atoms with van der Waals surface area (Å²) in [6, 6.07) is 9.03. The highest BCUT2D eigenvalue weighted by atomic mass is 16.5. The second kappa shape index (κ2) is 4.74. The van der Waals surface area contributed by atoms with Gasteiger partial charge in [0.2, 0.25) is 5.88 Å². The Balaban J connectivity index is 2.24. The van der Waals surface area contributed by atoms with E-state index in [1.165, 1.54) is 0 Å². The molecule has 0 saturated carbocycles. The van der Waals surface area contributed by atoms with Crippen LogP contribution in [0.2, 0.25) is 0 Å². The zero-order valence-corrected chi connectivity index (χ0v) is 9.81. The van der Waals surface area contributed by atoms with Crippen LogP contribution in [0.1, 0.15) is 5.56 Å². The zero-order chi connectivity index (χ0) is 12.3. The van der Waals surface area contributed by atoms with Gasteiger partial charge in [-0.2, -0.15) is 0 Å². The van der Waals surface area contributed by atoms with Crippen molar-refractivity contribution in [3.05, 3.63) is 42.1 Å². The van der Waals surface area contributed by atoms with Crippen LogP contribution in [-0.4, -0.2) is 12.1 Å². The number of nitrogen functional groups attached to an aromatic ring is 1. The first-order valence-electron chi connectivity index (χ1n) is 5.23. The van der Waals surface area contributed by atoms with Gasteiger partial charge in [-0.1, -0.05) is 0 Å². The third-order valence-corrected chi connectivity index (χ3v) is 2.32. The molecule has 0 spiro atoms. The van der Waals surface area contributed by atoms with Crippen molar-refractivity contribution in [3.63, 3.8) is 0 Å². The number of methoxy groups -OCH3 is 1. The highest BCUT2D eigenvalue weighted by Crippen LogP contribution is 2.29. The van der Waals surface area contributed by atoms with Crippen LogP contribution in [0.25, 0.3) is 0 Å². The van der Waals surface area contributed by atoms with Crippen LogP contribution < -0.4 is 15.2 Å². The summed E-state index contributed by atoms with van der Waals surface area (Å²) in [5.41, 5.74) is 7.46. The molecule has 0 aliphatic rings. The molecule has 0 bridgehead atoms. The molecule has 88 valence electrons. The predicted octanol–water partition coefficient (Wildman–Crippen LogP) is 2.77. The minimum absolute atomic E-state index is 0.521. The molecule has 2 rings (SSSR count). The van der Waals surface area contributed by atoms with E-state index in [1.54, 1.807) is 31.5 Å². The average molecular weight is 230 g/mol. The van der Waals surface area contributed by atoms with Crippen LogP contribution in [0.15, 0.2) is 36.5 Å². The van der Waals surface area contributed by atoms with Crippen LogP contribution in [0.5, 0.6) is 17.4 Å². The first-order valence-corrected chi connectivity index (χ1v) is 5.23. The topological polar surface area (TPSA) is 57.4 Å². The van der Waals surface area contributed by atoms with Crippen LogP contribution in [-0.2, 0) is 0 Å². The fourth-order valence-corrected chi connectivity index (χ4v) is 1.42. The van der Waals surface area contributed by atoms with Gasteiger partial charge in [-0.3, -0.25) is 0 Å². The van der Waals surface area contributed by atoms with Crippen molar-refractivity contribution in [2.75, 3.05) is 12.8 Å². The van der Waals surface area contributed by atoms with Gasteiger partial charge in [-0.05, 0) is 30.7 Å². The number of nitrogens with zero attached hydrogens (tertiary/aromatic N) is 1. The Morgan fingerprint density at radius 3 is 2.65 bits per heavy atom. The summed E-state index contributed by atoms with van der Waals surface area (Å²) in [7, 11) is 1.59. The number of aryl methyl sites for hydroxylation is 1. The summed E-state index contributed by atoms with van der Waals surface area (Å²) in [6.45, 7) is 1.98. The number of nitrogens with two attached hydrogens (primary N) is 1. The molecule has 17 heavy (non-hydrogen) atoms. The van der Waals surface area contributed by atoms with Crippen molar-refractivity contribution >= 4 is 5.69 Å². The maximum Gasteiger partial charge on any atom is 0.219 e. The molecule has 1 heterocycles. The van der Waals surface area contributed by atoms with E-state index in [4.69, 9.17) is 15.2 Å². The molecule has 0 atom stereocenters. The predicted molar refractivity (Wildman–Crippen MR) is 66.5 cm³/mol. The highest BCUT2D eigenvalue weighted by molar-refractivity contribution is 5.57. The van der Waals surface area contributed by atoms with Gasteiger partial charge in [0.05, 0.1) is 12.8 Å². The summed E-state index contributed by atoms with van der Waals surface area (Å²) in [6.07, 6.45) is 1.70. The Kier molecular flexibility index (Phi) is 3.14. The number of benzene rings is 1. The molecule has 0 saturated heterocycles. The number of rotatable bonds is 3. The lowest BCUT2D eigenvalue weighted by molar-refractivity contribution is 0.412. The smallest absolute Gasteiger partial charge is 0.219 e. The van der Waals surface area contributed by atoms with Gasteiger partial charge in [0.25, 0.3) is 0 Å². The Hall–Kier alpha value is -2.23. The Bertz CT molecular complexity index is 527. The van der Waals surface area contributed by atoms with Crippen molar-refractivity contribution in [2.45, 2.75) is 6.92 Å². The fraction of sp³-hybridized carbons (Fsp3) is 0.154. The lowest BCUT2D eigenvalue weighted by Gasteiger charge is -2.09. The lowest BCUT2D eigenvalue weighted by Crippen LogP contribution is -1.94. The van der Waals surface area contributed by atoms with E-state index in [0.29, 0.717) is 23.1 Å². The second-order valence-electron chi connectivity index (χ2n) is 3.68. The summed E-state index contributed by atoms with van der Waals surface area (Å²) < 4.78 is 10.7. The number of aromatic nitrogens is 1. The number of pyridine rings is 1. The molecule has 0 radical (unpaired) electrons. The van der Waals surface area contributed by atoms with E-state index >= 15 is 0 Å². The van der Waals surface area contributed by atoms with Gasteiger partial charge in [-0.15, -0.1) is 0 Å². The number of anilines is 1. The maximum absolute atomic E-state index is 5.85. The van der Waals surface area contributed by atoms with Crippen molar-refractivity contribution in [3.8, 4) is 17.4 Å². The van der Waals surface area contributed by atoms with Crippen LogP contribution in [0, 0.1) is 6.92 Å². The summed E-state index contributed by atoms with van der Waals surface area (Å²) >= 11 is 0. The molecule has 2 N–H and O–H groups in total. The molecule has 2 aromatic rings. The van der Waals surface area contributed by atoms with Gasteiger partial charge in [0.15, 0.2) is 5.75 Å². The quantitative estimate of drug-likeness (QED) is 0.824. The lowest BCUT2D eigenvalue weighted by atomic mass is 10.3. The average Bonchev–Trinajstić information content (AvgIpc) is 2.32. The molecule has 0 aliphatic carbocycles. The van der Waals surface area contributed by atoms with E-state index in [0.717, 1.165) is 5.56 Å². The Morgan fingerprint density at radius 2 is 2.00 bits per heavy atom. The van der Waals surface area contributed by atoms with Gasteiger partial charge in [-0.25, -0.2) is 4.98 Å². The zero-order valence-electron chi connectivity index (χ0n) is 9.81. The van der Waals surface area contributed by atoms with Gasteiger partial charge in [0, 0.05) is 18.3 Å². The third kappa shape index (κ3) is 2.66. The summed E-state index contributed by atoms with van der Waals surface area (Å²) in [4.78, 5) is 4.11. The summed E-state index contributed by atoms with van der Waals surface area (Å²) in [5, 5.41) is 0. The molecule has 4 heteroatoms. The molecule has 4 nitrogen and oxygen atoms in total. The fourth-order valence-electron chi connectivity index (χ4n) is 1.42. The third-order valence-electron chi connectivity index (χ3n) is 2.32. The first kappa shape index (κ1) is 11.3. The molecule has 0 aliphatic heterocycles. The Morgan fingerprint density at radius 1 is 1.18 bits per heavy atom. The minimum Gasteiger partial charge on any atom is -0.497 e. The van der Waals surface area contributed by atoms with E-state index in [2.05, 4.69) is 4.98 Å².